The summed E-state index contributed by atoms with van der Waals surface area (Å²) in [5.41, 5.74) is 5.64. The summed E-state index contributed by atoms with van der Waals surface area (Å²) in [7, 11) is 0. The lowest BCUT2D eigenvalue weighted by Gasteiger charge is -2.09. The fourth-order valence-corrected chi connectivity index (χ4v) is 2.71. The first-order chi connectivity index (χ1) is 9.54. The van der Waals surface area contributed by atoms with Crippen molar-refractivity contribution in [3.8, 4) is 0 Å². The third-order valence-electron chi connectivity index (χ3n) is 2.51. The van der Waals surface area contributed by atoms with Gasteiger partial charge in [-0.05, 0) is 37.7 Å². The first kappa shape index (κ1) is 14.1. The first-order valence-electron chi connectivity index (χ1n) is 5.82. The van der Waals surface area contributed by atoms with E-state index in [9.17, 15) is 4.79 Å². The average molecular weight is 294 g/mol. The van der Waals surface area contributed by atoms with E-state index in [4.69, 9.17) is 10.9 Å². The second kappa shape index (κ2) is 5.78. The van der Waals surface area contributed by atoms with Gasteiger partial charge in [-0.1, -0.05) is 5.16 Å². The second-order valence-electron chi connectivity index (χ2n) is 4.21. The molecule has 0 radical (unpaired) electrons. The lowest BCUT2D eigenvalue weighted by atomic mass is 10.3. The Balaban J connectivity index is 2.44. The van der Waals surface area contributed by atoms with Gasteiger partial charge in [0, 0.05) is 17.1 Å². The van der Waals surface area contributed by atoms with Gasteiger partial charge in [-0.2, -0.15) is 0 Å². The van der Waals surface area contributed by atoms with Crippen molar-refractivity contribution in [2.24, 2.45) is 10.9 Å². The smallest absolute Gasteiger partial charge is 0.344 e. The molecule has 9 heteroatoms. The largest absolute Gasteiger partial charge is 0.409 e. The fourth-order valence-electron chi connectivity index (χ4n) is 1.63. The van der Waals surface area contributed by atoms with Crippen LogP contribution in [0.2, 0.25) is 0 Å². The van der Waals surface area contributed by atoms with Crippen LogP contribution in [-0.4, -0.2) is 30.8 Å². The standard InChI is InChI=1S/C11H14N6O2S/c1-6(2)17-10(18)14-15-11(17)20-7-4-3-5-13-8(7)9(12)16-19/h3-6,19H,1-2H3,(H2,12,16)(H,14,18). The number of nitrogens with one attached hydrogen (secondary N) is 1. The molecule has 0 aliphatic rings. The molecule has 0 aliphatic carbocycles. The molecule has 0 aromatic carbocycles. The SMILES string of the molecule is CC(C)n1c(Sc2cccnc2/C(N)=N/O)n[nH]c1=O. The van der Waals surface area contributed by atoms with Crippen molar-refractivity contribution >= 4 is 17.6 Å². The summed E-state index contributed by atoms with van der Waals surface area (Å²) < 4.78 is 1.52. The zero-order chi connectivity index (χ0) is 14.7. The van der Waals surface area contributed by atoms with Crippen molar-refractivity contribution in [1.82, 2.24) is 19.7 Å². The zero-order valence-electron chi connectivity index (χ0n) is 10.9. The minimum atomic E-state index is -0.281. The van der Waals surface area contributed by atoms with Crippen LogP contribution in [0.15, 0.2) is 38.3 Å². The number of nitrogens with two attached hydrogens (primary N) is 1. The van der Waals surface area contributed by atoms with E-state index in [0.29, 0.717) is 15.7 Å². The molecular formula is C11H14N6O2S. The monoisotopic (exact) mass is 294 g/mol. The Hall–Kier alpha value is -2.29. The minimum Gasteiger partial charge on any atom is -0.409 e. The number of pyridine rings is 1. The summed E-state index contributed by atoms with van der Waals surface area (Å²) in [5, 5.41) is 18.6. The highest BCUT2D eigenvalue weighted by molar-refractivity contribution is 7.99. The predicted molar refractivity (Wildman–Crippen MR) is 74.1 cm³/mol. The minimum absolute atomic E-state index is 0.0345. The lowest BCUT2D eigenvalue weighted by molar-refractivity contribution is 0.318. The van der Waals surface area contributed by atoms with Crippen molar-refractivity contribution in [2.75, 3.05) is 0 Å². The molecule has 0 saturated carbocycles. The van der Waals surface area contributed by atoms with Gasteiger partial charge in [-0.25, -0.2) is 9.89 Å². The summed E-state index contributed by atoms with van der Waals surface area (Å²) in [6.07, 6.45) is 1.54. The average Bonchev–Trinajstić information content (AvgIpc) is 2.79. The molecule has 20 heavy (non-hydrogen) atoms. The topological polar surface area (TPSA) is 122 Å². The van der Waals surface area contributed by atoms with E-state index in [1.165, 1.54) is 22.5 Å². The number of H-pyrrole nitrogens is 1. The van der Waals surface area contributed by atoms with Crippen LogP contribution in [0.4, 0.5) is 0 Å². The van der Waals surface area contributed by atoms with Crippen LogP contribution in [-0.2, 0) is 0 Å². The normalized spacial score (nSPS) is 12.1. The molecule has 2 aromatic heterocycles. The number of rotatable bonds is 4. The number of oxime groups is 1. The molecule has 4 N–H and O–H groups in total. The summed E-state index contributed by atoms with van der Waals surface area (Å²) >= 11 is 1.22. The number of aromatic amines is 1. The van der Waals surface area contributed by atoms with Crippen molar-refractivity contribution < 1.29 is 5.21 Å². The molecule has 2 rings (SSSR count). The van der Waals surface area contributed by atoms with Crippen LogP contribution in [0.3, 0.4) is 0 Å². The van der Waals surface area contributed by atoms with Gasteiger partial charge in [0.25, 0.3) is 0 Å². The quantitative estimate of drug-likeness (QED) is 0.332. The Morgan fingerprint density at radius 2 is 2.35 bits per heavy atom. The van der Waals surface area contributed by atoms with Gasteiger partial charge in [0.1, 0.15) is 5.69 Å². The van der Waals surface area contributed by atoms with Crippen LogP contribution >= 0.6 is 11.8 Å². The van der Waals surface area contributed by atoms with Crippen molar-refractivity contribution in [3.05, 3.63) is 34.5 Å². The molecular weight excluding hydrogens is 280 g/mol. The van der Waals surface area contributed by atoms with Gasteiger partial charge < -0.3 is 10.9 Å². The molecule has 2 aromatic rings. The Kier molecular flexibility index (Phi) is 4.08. The van der Waals surface area contributed by atoms with Crippen LogP contribution in [0.5, 0.6) is 0 Å². The molecule has 0 bridgehead atoms. The Labute approximate surface area is 118 Å². The van der Waals surface area contributed by atoms with Crippen LogP contribution < -0.4 is 11.4 Å². The number of aromatic nitrogens is 4. The Morgan fingerprint density at radius 1 is 1.60 bits per heavy atom. The van der Waals surface area contributed by atoms with Gasteiger partial charge in [-0.3, -0.25) is 9.55 Å². The summed E-state index contributed by atoms with van der Waals surface area (Å²) in [6.45, 7) is 3.77. The Bertz CT molecular complexity index is 690. The summed E-state index contributed by atoms with van der Waals surface area (Å²) in [5.74, 6) is -0.0953. The number of hydrogen-bond acceptors (Lipinski definition) is 6. The van der Waals surface area contributed by atoms with E-state index in [2.05, 4.69) is 20.3 Å². The molecule has 0 saturated heterocycles. The van der Waals surface area contributed by atoms with Gasteiger partial charge in [-0.15, -0.1) is 5.10 Å². The molecule has 0 aliphatic heterocycles. The number of hydrogen-bond donors (Lipinski definition) is 3. The molecule has 8 nitrogen and oxygen atoms in total. The first-order valence-corrected chi connectivity index (χ1v) is 6.64. The van der Waals surface area contributed by atoms with Gasteiger partial charge >= 0.3 is 5.69 Å². The van der Waals surface area contributed by atoms with E-state index in [1.807, 2.05) is 13.8 Å². The third kappa shape index (κ3) is 2.67. The maximum atomic E-state index is 11.7. The fraction of sp³-hybridized carbons (Fsp3) is 0.273. The predicted octanol–water partition coefficient (Wildman–Crippen LogP) is 0.793. The summed E-state index contributed by atoms with van der Waals surface area (Å²) in [6, 6.07) is 3.45. The van der Waals surface area contributed by atoms with E-state index >= 15 is 0 Å². The van der Waals surface area contributed by atoms with E-state index in [0.717, 1.165) is 0 Å². The molecule has 0 fully saturated rings. The second-order valence-corrected chi connectivity index (χ2v) is 5.22. The van der Waals surface area contributed by atoms with Gasteiger partial charge in [0.15, 0.2) is 11.0 Å². The molecule has 0 spiro atoms. The zero-order valence-corrected chi connectivity index (χ0v) is 11.8. The lowest BCUT2D eigenvalue weighted by Crippen LogP contribution is -2.19. The maximum absolute atomic E-state index is 11.7. The van der Waals surface area contributed by atoms with E-state index < -0.39 is 0 Å². The van der Waals surface area contributed by atoms with Gasteiger partial charge in [0.05, 0.1) is 0 Å². The summed E-state index contributed by atoms with van der Waals surface area (Å²) in [4.78, 5) is 16.4. The molecule has 2 heterocycles. The molecule has 0 amide bonds. The van der Waals surface area contributed by atoms with Crippen molar-refractivity contribution in [1.29, 1.82) is 0 Å². The van der Waals surface area contributed by atoms with Gasteiger partial charge in [0.2, 0.25) is 0 Å². The Morgan fingerprint density at radius 3 is 3.00 bits per heavy atom. The van der Waals surface area contributed by atoms with Crippen molar-refractivity contribution in [2.45, 2.75) is 29.9 Å². The highest BCUT2D eigenvalue weighted by Gasteiger charge is 2.16. The van der Waals surface area contributed by atoms with Crippen LogP contribution in [0, 0.1) is 0 Å². The molecule has 0 unspecified atom stereocenters. The number of amidine groups is 1. The highest BCUT2D eigenvalue weighted by Crippen LogP contribution is 2.28. The molecule has 106 valence electrons. The van der Waals surface area contributed by atoms with E-state index in [1.54, 1.807) is 12.1 Å². The van der Waals surface area contributed by atoms with Crippen molar-refractivity contribution in [3.63, 3.8) is 0 Å². The maximum Gasteiger partial charge on any atom is 0.344 e. The van der Waals surface area contributed by atoms with Crippen LogP contribution in [0.25, 0.3) is 0 Å². The number of nitrogens with zero attached hydrogens (tertiary/aromatic N) is 4. The highest BCUT2D eigenvalue weighted by atomic mass is 32.2. The van der Waals surface area contributed by atoms with E-state index in [-0.39, 0.29) is 17.6 Å². The molecule has 0 atom stereocenters. The third-order valence-corrected chi connectivity index (χ3v) is 3.53. The van der Waals surface area contributed by atoms with Crippen LogP contribution in [0.1, 0.15) is 25.6 Å².